The largest absolute Gasteiger partial charge is 0.382 e. The van der Waals surface area contributed by atoms with Gasteiger partial charge < -0.3 is 22.5 Å². The quantitative estimate of drug-likeness (QED) is 0.285. The lowest BCUT2D eigenvalue weighted by Crippen LogP contribution is -2.30. The molecule has 13 heteroatoms. The van der Waals surface area contributed by atoms with E-state index < -0.39 is 29.5 Å². The second kappa shape index (κ2) is 9.40. The van der Waals surface area contributed by atoms with Gasteiger partial charge in [0, 0.05) is 11.1 Å². The van der Waals surface area contributed by atoms with Crippen LogP contribution >= 0.6 is 0 Å². The highest BCUT2D eigenvalue weighted by Gasteiger charge is 2.37. The van der Waals surface area contributed by atoms with Crippen LogP contribution in [-0.2, 0) is 0 Å². The Kier molecular flexibility index (Phi) is 6.08. The molecular weight excluding hydrogens is 496 g/mol. The van der Waals surface area contributed by atoms with Crippen molar-refractivity contribution < 1.29 is 13.6 Å². The number of hydrogen-bond acceptors (Lipinski definition) is 9. The number of nitrogens with one attached hydrogen (secondary N) is 1. The van der Waals surface area contributed by atoms with Gasteiger partial charge in [0.1, 0.15) is 23.3 Å². The number of nitrogens with zero attached hydrogens (tertiary/aromatic N) is 5. The number of nitrogen functional groups attached to an aromatic ring is 2. The molecule has 2 aromatic carbocycles. The predicted molar refractivity (Wildman–Crippen MR) is 135 cm³/mol. The van der Waals surface area contributed by atoms with E-state index in [1.807, 2.05) is 6.07 Å². The van der Waals surface area contributed by atoms with Gasteiger partial charge in [0.05, 0.1) is 22.6 Å². The molecule has 5 rings (SSSR count). The third-order valence-corrected chi connectivity index (χ3v) is 6.31. The molecule has 2 aromatic heterocycles. The van der Waals surface area contributed by atoms with Crippen molar-refractivity contribution in [3.05, 3.63) is 75.3 Å². The number of alkyl halides is 2. The average Bonchev–Trinajstić information content (AvgIpc) is 3.72. The Labute approximate surface area is 213 Å². The van der Waals surface area contributed by atoms with Crippen LogP contribution in [0.4, 0.5) is 26.4 Å². The molecule has 4 aromatic rings. The number of carbonyl (C=O) groups excluding carboxylic acids is 1. The first-order chi connectivity index (χ1) is 18.2. The van der Waals surface area contributed by atoms with Gasteiger partial charge in [0.2, 0.25) is 11.9 Å². The number of aromatic nitrogens is 4. The Morgan fingerprint density at radius 2 is 1.87 bits per heavy atom. The molecule has 11 nitrogen and oxygen atoms in total. The van der Waals surface area contributed by atoms with E-state index in [9.17, 15) is 23.6 Å². The lowest BCUT2D eigenvalue weighted by molar-refractivity contribution is 0.1000. The van der Waals surface area contributed by atoms with Crippen LogP contribution in [0.3, 0.4) is 0 Å². The summed E-state index contributed by atoms with van der Waals surface area (Å²) < 4.78 is 29.0. The first kappa shape index (κ1) is 24.6. The summed E-state index contributed by atoms with van der Waals surface area (Å²) in [6.45, 7) is 0. The number of hydrogen-bond donors (Lipinski definition) is 4. The maximum atomic E-state index is 13.9. The Morgan fingerprint density at radius 3 is 2.53 bits per heavy atom. The first-order valence-electron chi connectivity index (χ1n) is 11.5. The maximum absolute atomic E-state index is 13.9. The van der Waals surface area contributed by atoms with Gasteiger partial charge in [0.15, 0.2) is 5.82 Å². The molecule has 1 aliphatic rings. The van der Waals surface area contributed by atoms with Crippen LogP contribution in [0.15, 0.2) is 47.3 Å². The fourth-order valence-electron chi connectivity index (χ4n) is 4.39. The standard InChI is InChI=1S/C25H21F2N9O2/c26-19(27)14-5-2-6-16-17(14)24(38)36(13-4-1-3-12(9-13)21(30)37)23(32-16)18(11-7-8-11)33-22-15(10-28)20(29)34-25(31)35-22/h1-6,9,11,18-19H,7-8H2,(H2,30,37)(H5,29,31,33,34,35). The molecule has 1 atom stereocenters. The first-order valence-corrected chi connectivity index (χ1v) is 11.5. The molecule has 2 heterocycles. The van der Waals surface area contributed by atoms with Gasteiger partial charge in [-0.1, -0.05) is 18.2 Å². The third kappa shape index (κ3) is 4.32. The molecule has 7 N–H and O–H groups in total. The minimum atomic E-state index is -2.92. The van der Waals surface area contributed by atoms with Gasteiger partial charge in [-0.25, -0.2) is 13.8 Å². The summed E-state index contributed by atoms with van der Waals surface area (Å²) in [5, 5.41) is 12.5. The van der Waals surface area contributed by atoms with Crippen molar-refractivity contribution in [3.8, 4) is 11.8 Å². The third-order valence-electron chi connectivity index (χ3n) is 6.31. The number of amides is 1. The molecule has 1 amide bonds. The van der Waals surface area contributed by atoms with Crippen LogP contribution < -0.4 is 28.1 Å². The Balaban J connectivity index is 1.80. The monoisotopic (exact) mass is 517 g/mol. The van der Waals surface area contributed by atoms with Gasteiger partial charge in [-0.15, -0.1) is 0 Å². The van der Waals surface area contributed by atoms with E-state index in [-0.39, 0.29) is 57.0 Å². The van der Waals surface area contributed by atoms with Gasteiger partial charge in [-0.05, 0) is 43.0 Å². The fraction of sp³-hybridized carbons (Fsp3) is 0.200. The molecular formula is C25H21F2N9O2. The average molecular weight is 518 g/mol. The molecule has 0 saturated heterocycles. The van der Waals surface area contributed by atoms with Crippen LogP contribution in [0.5, 0.6) is 0 Å². The number of halogens is 2. The van der Waals surface area contributed by atoms with E-state index in [0.29, 0.717) is 0 Å². The molecule has 192 valence electrons. The fourth-order valence-corrected chi connectivity index (χ4v) is 4.39. The highest BCUT2D eigenvalue weighted by molar-refractivity contribution is 5.93. The number of primary amides is 1. The Bertz CT molecular complexity index is 1690. The highest BCUT2D eigenvalue weighted by Crippen LogP contribution is 2.43. The van der Waals surface area contributed by atoms with Crippen LogP contribution in [0.25, 0.3) is 16.6 Å². The number of fused-ring (bicyclic) bond motifs is 1. The van der Waals surface area contributed by atoms with Crippen molar-refractivity contribution in [2.45, 2.75) is 25.3 Å². The molecule has 38 heavy (non-hydrogen) atoms. The van der Waals surface area contributed by atoms with Crippen molar-refractivity contribution in [2.24, 2.45) is 11.7 Å². The van der Waals surface area contributed by atoms with Crippen LogP contribution in [-0.4, -0.2) is 25.4 Å². The van der Waals surface area contributed by atoms with Crippen molar-refractivity contribution in [1.82, 2.24) is 19.5 Å². The number of nitrogens with two attached hydrogens (primary N) is 3. The van der Waals surface area contributed by atoms with Crippen molar-refractivity contribution in [1.29, 1.82) is 5.26 Å². The van der Waals surface area contributed by atoms with E-state index in [0.717, 1.165) is 12.8 Å². The summed E-state index contributed by atoms with van der Waals surface area (Å²) in [6, 6.07) is 11.2. The number of nitriles is 1. The van der Waals surface area contributed by atoms with Gasteiger partial charge in [-0.2, -0.15) is 15.2 Å². The lowest BCUT2D eigenvalue weighted by Gasteiger charge is -2.24. The molecule has 0 bridgehead atoms. The molecule has 1 aliphatic carbocycles. The minimum Gasteiger partial charge on any atom is -0.382 e. The Morgan fingerprint density at radius 1 is 1.13 bits per heavy atom. The number of anilines is 3. The van der Waals surface area contributed by atoms with E-state index >= 15 is 0 Å². The van der Waals surface area contributed by atoms with Gasteiger partial charge in [-0.3, -0.25) is 14.2 Å². The molecule has 0 spiro atoms. The van der Waals surface area contributed by atoms with E-state index in [1.165, 1.54) is 41.0 Å². The second-order valence-electron chi connectivity index (χ2n) is 8.83. The van der Waals surface area contributed by atoms with Crippen molar-refractivity contribution in [3.63, 3.8) is 0 Å². The summed E-state index contributed by atoms with van der Waals surface area (Å²) in [6.07, 6.45) is -1.42. The van der Waals surface area contributed by atoms with E-state index in [4.69, 9.17) is 17.2 Å². The summed E-state index contributed by atoms with van der Waals surface area (Å²) >= 11 is 0. The summed E-state index contributed by atoms with van der Waals surface area (Å²) in [7, 11) is 0. The highest BCUT2D eigenvalue weighted by atomic mass is 19.3. The smallest absolute Gasteiger partial charge is 0.266 e. The number of carbonyl (C=O) groups is 1. The lowest BCUT2D eigenvalue weighted by atomic mass is 10.1. The maximum Gasteiger partial charge on any atom is 0.266 e. The molecule has 0 aliphatic heterocycles. The SMILES string of the molecule is N#Cc1c(N)nc(N)nc1NC(c1nc2cccc(C(F)F)c2c(=O)n1-c1cccc(C(N)=O)c1)C1CC1. The van der Waals surface area contributed by atoms with Crippen LogP contribution in [0, 0.1) is 17.2 Å². The van der Waals surface area contributed by atoms with Crippen LogP contribution in [0.2, 0.25) is 0 Å². The minimum absolute atomic E-state index is 0.0440. The summed E-state index contributed by atoms with van der Waals surface area (Å²) in [5.41, 5.74) is 16.2. The topological polar surface area (TPSA) is 192 Å². The van der Waals surface area contributed by atoms with Crippen molar-refractivity contribution in [2.75, 3.05) is 16.8 Å². The molecule has 1 saturated carbocycles. The van der Waals surface area contributed by atoms with Gasteiger partial charge >= 0.3 is 0 Å². The van der Waals surface area contributed by atoms with Crippen LogP contribution in [0.1, 0.15) is 52.6 Å². The zero-order chi connectivity index (χ0) is 27.1. The van der Waals surface area contributed by atoms with E-state index in [1.54, 1.807) is 6.07 Å². The number of benzene rings is 2. The Hall–Kier alpha value is -5.12. The molecule has 1 fully saturated rings. The molecule has 0 radical (unpaired) electrons. The number of rotatable bonds is 7. The molecule has 1 unspecified atom stereocenters. The van der Waals surface area contributed by atoms with E-state index in [2.05, 4.69) is 20.3 Å². The second-order valence-corrected chi connectivity index (χ2v) is 8.83. The summed E-state index contributed by atoms with van der Waals surface area (Å²) in [5.74, 6) is -0.868. The zero-order valence-electron chi connectivity index (χ0n) is 19.7. The van der Waals surface area contributed by atoms with Crippen molar-refractivity contribution >= 4 is 34.4 Å². The predicted octanol–water partition coefficient (Wildman–Crippen LogP) is 2.81. The summed E-state index contributed by atoms with van der Waals surface area (Å²) in [4.78, 5) is 38.4. The van der Waals surface area contributed by atoms with Gasteiger partial charge in [0.25, 0.3) is 12.0 Å². The zero-order valence-corrected chi connectivity index (χ0v) is 19.7. The normalized spacial score (nSPS) is 13.8.